The fourth-order valence-corrected chi connectivity index (χ4v) is 3.69. The molecule has 3 saturated carbocycles. The van der Waals surface area contributed by atoms with Gasteiger partial charge in [0.25, 0.3) is 0 Å². The highest BCUT2D eigenvalue weighted by Gasteiger charge is 2.38. The Morgan fingerprint density at radius 2 is 1.50 bits per heavy atom. The maximum absolute atomic E-state index is 6.64. The third-order valence-electron chi connectivity index (χ3n) is 5.02. The van der Waals surface area contributed by atoms with Crippen LogP contribution in [0, 0.1) is 0 Å². The van der Waals surface area contributed by atoms with Crippen molar-refractivity contribution in [1.82, 2.24) is 5.32 Å². The number of rotatable bonds is 5. The van der Waals surface area contributed by atoms with Crippen molar-refractivity contribution < 1.29 is 4.74 Å². The Morgan fingerprint density at radius 3 is 2.11 bits per heavy atom. The molecule has 1 N–H and O–H groups in total. The van der Waals surface area contributed by atoms with E-state index >= 15 is 0 Å². The molecule has 0 spiro atoms. The molecule has 2 nitrogen and oxygen atoms in total. The molecule has 18 heavy (non-hydrogen) atoms. The quantitative estimate of drug-likeness (QED) is 0.751. The highest BCUT2D eigenvalue weighted by atomic mass is 16.5. The summed E-state index contributed by atoms with van der Waals surface area (Å²) in [5.41, 5.74) is 0.206. The molecule has 0 aliphatic heterocycles. The Kier molecular flexibility index (Phi) is 4.25. The molecule has 3 aliphatic rings. The van der Waals surface area contributed by atoms with Crippen LogP contribution < -0.4 is 5.32 Å². The average molecular weight is 251 g/mol. The molecule has 0 saturated heterocycles. The summed E-state index contributed by atoms with van der Waals surface area (Å²) in [7, 11) is 0. The maximum Gasteiger partial charge on any atom is 0.0810 e. The summed E-state index contributed by atoms with van der Waals surface area (Å²) in [5, 5.41) is 3.72. The van der Waals surface area contributed by atoms with Crippen molar-refractivity contribution in [1.29, 1.82) is 0 Å². The fourth-order valence-electron chi connectivity index (χ4n) is 3.69. The van der Waals surface area contributed by atoms with E-state index in [1.165, 1.54) is 77.0 Å². The molecule has 0 heterocycles. The Morgan fingerprint density at radius 1 is 0.833 bits per heavy atom. The predicted molar refractivity (Wildman–Crippen MR) is 74.8 cm³/mol. The molecule has 0 atom stereocenters. The highest BCUT2D eigenvalue weighted by Crippen LogP contribution is 2.37. The van der Waals surface area contributed by atoms with Crippen LogP contribution in [-0.2, 0) is 4.74 Å². The van der Waals surface area contributed by atoms with Gasteiger partial charge in [0.15, 0.2) is 0 Å². The highest BCUT2D eigenvalue weighted by molar-refractivity contribution is 4.93. The van der Waals surface area contributed by atoms with Crippen LogP contribution >= 0.6 is 0 Å². The van der Waals surface area contributed by atoms with E-state index in [-0.39, 0.29) is 5.60 Å². The van der Waals surface area contributed by atoms with Crippen LogP contribution in [0.25, 0.3) is 0 Å². The molecule has 0 unspecified atom stereocenters. The van der Waals surface area contributed by atoms with Crippen LogP contribution in [0.2, 0.25) is 0 Å². The van der Waals surface area contributed by atoms with E-state index in [2.05, 4.69) is 5.32 Å². The minimum absolute atomic E-state index is 0.206. The summed E-state index contributed by atoms with van der Waals surface area (Å²) < 4.78 is 6.64. The summed E-state index contributed by atoms with van der Waals surface area (Å²) >= 11 is 0. The molecule has 0 radical (unpaired) electrons. The zero-order chi connectivity index (χ0) is 12.3. The van der Waals surface area contributed by atoms with Crippen molar-refractivity contribution in [3.05, 3.63) is 0 Å². The Hall–Kier alpha value is -0.0800. The second-order valence-corrected chi connectivity index (χ2v) is 6.78. The molecule has 3 aliphatic carbocycles. The van der Waals surface area contributed by atoms with E-state index in [0.29, 0.717) is 6.10 Å². The lowest BCUT2D eigenvalue weighted by molar-refractivity contribution is -0.0934. The van der Waals surface area contributed by atoms with Gasteiger partial charge in [-0.3, -0.25) is 0 Å². The zero-order valence-electron chi connectivity index (χ0n) is 11.8. The minimum Gasteiger partial charge on any atom is -0.370 e. The molecular formula is C16H29NO. The van der Waals surface area contributed by atoms with E-state index in [0.717, 1.165) is 12.6 Å². The summed E-state index contributed by atoms with van der Waals surface area (Å²) in [6, 6.07) is 0.820. The Bertz CT molecular complexity index is 248. The second-order valence-electron chi connectivity index (χ2n) is 6.78. The maximum atomic E-state index is 6.64. The van der Waals surface area contributed by atoms with Crippen molar-refractivity contribution >= 4 is 0 Å². The summed E-state index contributed by atoms with van der Waals surface area (Å²) in [6.07, 6.45) is 16.9. The topological polar surface area (TPSA) is 21.3 Å². The first-order valence-corrected chi connectivity index (χ1v) is 8.28. The second kappa shape index (κ2) is 5.92. The Labute approximate surface area is 112 Å². The molecule has 2 heteroatoms. The minimum atomic E-state index is 0.206. The fraction of sp³-hybridized carbons (Fsp3) is 1.00. The van der Waals surface area contributed by atoms with E-state index in [4.69, 9.17) is 4.74 Å². The molecule has 104 valence electrons. The van der Waals surface area contributed by atoms with Gasteiger partial charge in [0, 0.05) is 12.6 Å². The van der Waals surface area contributed by atoms with E-state index in [1.807, 2.05) is 0 Å². The molecular weight excluding hydrogens is 222 g/mol. The van der Waals surface area contributed by atoms with Crippen LogP contribution in [0.5, 0.6) is 0 Å². The molecule has 0 bridgehead atoms. The number of ether oxygens (including phenoxy) is 1. The van der Waals surface area contributed by atoms with E-state index < -0.39 is 0 Å². The van der Waals surface area contributed by atoms with Crippen LogP contribution in [0.15, 0.2) is 0 Å². The van der Waals surface area contributed by atoms with Crippen molar-refractivity contribution in [3.8, 4) is 0 Å². The molecule has 0 amide bonds. The van der Waals surface area contributed by atoms with Crippen LogP contribution in [-0.4, -0.2) is 24.3 Å². The van der Waals surface area contributed by atoms with Crippen molar-refractivity contribution in [2.24, 2.45) is 0 Å². The van der Waals surface area contributed by atoms with Gasteiger partial charge in [-0.25, -0.2) is 0 Å². The molecule has 3 rings (SSSR count). The summed E-state index contributed by atoms with van der Waals surface area (Å²) in [5.74, 6) is 0. The van der Waals surface area contributed by atoms with Crippen LogP contribution in [0.4, 0.5) is 0 Å². The van der Waals surface area contributed by atoms with E-state index in [1.54, 1.807) is 0 Å². The predicted octanol–water partition coefficient (Wildman–Crippen LogP) is 3.79. The van der Waals surface area contributed by atoms with Gasteiger partial charge in [-0.2, -0.15) is 0 Å². The van der Waals surface area contributed by atoms with Gasteiger partial charge in [0.2, 0.25) is 0 Å². The lowest BCUT2D eigenvalue weighted by Gasteiger charge is -2.34. The van der Waals surface area contributed by atoms with Crippen molar-refractivity contribution in [2.75, 3.05) is 6.54 Å². The third kappa shape index (κ3) is 3.48. The number of nitrogens with one attached hydrogen (secondary N) is 1. The van der Waals surface area contributed by atoms with Gasteiger partial charge >= 0.3 is 0 Å². The first-order valence-electron chi connectivity index (χ1n) is 8.28. The first kappa shape index (κ1) is 12.9. The molecule has 0 aromatic heterocycles. The van der Waals surface area contributed by atoms with E-state index in [9.17, 15) is 0 Å². The molecule has 3 fully saturated rings. The monoisotopic (exact) mass is 251 g/mol. The van der Waals surface area contributed by atoms with Crippen LogP contribution in [0.1, 0.15) is 77.0 Å². The first-order chi connectivity index (χ1) is 8.86. The summed E-state index contributed by atoms with van der Waals surface area (Å²) in [4.78, 5) is 0. The Balaban J connectivity index is 1.53. The SMILES string of the molecule is C1CCCC(OC2(CNC3CC3)CCCC2)CC1. The molecule has 0 aromatic rings. The van der Waals surface area contributed by atoms with Gasteiger partial charge in [-0.1, -0.05) is 38.5 Å². The molecule has 0 aromatic carbocycles. The van der Waals surface area contributed by atoms with Gasteiger partial charge in [-0.15, -0.1) is 0 Å². The third-order valence-corrected chi connectivity index (χ3v) is 5.02. The van der Waals surface area contributed by atoms with Crippen LogP contribution in [0.3, 0.4) is 0 Å². The van der Waals surface area contributed by atoms with Gasteiger partial charge < -0.3 is 10.1 Å². The van der Waals surface area contributed by atoms with Gasteiger partial charge in [-0.05, 0) is 38.5 Å². The smallest absolute Gasteiger partial charge is 0.0810 e. The zero-order valence-corrected chi connectivity index (χ0v) is 11.8. The van der Waals surface area contributed by atoms with Gasteiger partial charge in [0.1, 0.15) is 0 Å². The largest absolute Gasteiger partial charge is 0.370 e. The summed E-state index contributed by atoms with van der Waals surface area (Å²) in [6.45, 7) is 1.12. The average Bonchev–Trinajstić information content (AvgIpc) is 3.14. The number of hydrogen-bond acceptors (Lipinski definition) is 2. The lowest BCUT2D eigenvalue weighted by Crippen LogP contribution is -2.44. The van der Waals surface area contributed by atoms with Crippen molar-refractivity contribution in [3.63, 3.8) is 0 Å². The lowest BCUT2D eigenvalue weighted by atomic mass is 10.0. The van der Waals surface area contributed by atoms with Crippen molar-refractivity contribution in [2.45, 2.75) is 94.8 Å². The standard InChI is InChI=1S/C16H29NO/c1-2-4-8-15(7-3-1)18-16(11-5-6-12-16)13-17-14-9-10-14/h14-15,17H,1-13H2. The normalized spacial score (nSPS) is 29.3. The van der Waals surface area contributed by atoms with Gasteiger partial charge in [0.05, 0.1) is 11.7 Å². The number of hydrogen-bond donors (Lipinski definition) is 1.